The van der Waals surface area contributed by atoms with Gasteiger partial charge in [-0.2, -0.15) is 4.98 Å². The number of likely N-dealkylation sites (tertiary alicyclic amines) is 1. The van der Waals surface area contributed by atoms with Crippen LogP contribution in [0.5, 0.6) is 0 Å². The van der Waals surface area contributed by atoms with Crippen LogP contribution in [-0.4, -0.2) is 66.7 Å². The van der Waals surface area contributed by atoms with Crippen LogP contribution in [0.25, 0.3) is 0 Å². The van der Waals surface area contributed by atoms with Crippen molar-refractivity contribution in [3.05, 3.63) is 11.7 Å². The Morgan fingerprint density at radius 3 is 2.56 bits per heavy atom. The molecule has 1 saturated carbocycles. The number of hydrogen-bond acceptors (Lipinski definition) is 7. The molecule has 1 aliphatic carbocycles. The molecule has 1 atom stereocenters. The first-order valence-corrected chi connectivity index (χ1v) is 9.58. The minimum Gasteiger partial charge on any atom is -0.375 e. The van der Waals surface area contributed by atoms with Crippen molar-refractivity contribution in [3.63, 3.8) is 0 Å². The molecular formula is C18H27N3O4. The van der Waals surface area contributed by atoms with E-state index in [9.17, 15) is 0 Å². The van der Waals surface area contributed by atoms with Crippen LogP contribution < -0.4 is 0 Å². The predicted octanol–water partition coefficient (Wildman–Crippen LogP) is 1.83. The molecule has 4 aliphatic rings. The number of methoxy groups -OCH3 is 1. The van der Waals surface area contributed by atoms with Crippen molar-refractivity contribution < 1.29 is 18.7 Å². The molecule has 0 amide bonds. The Hall–Kier alpha value is -1.02. The Labute approximate surface area is 148 Å². The summed E-state index contributed by atoms with van der Waals surface area (Å²) in [6.07, 6.45) is 6.75. The predicted molar refractivity (Wildman–Crippen MR) is 88.3 cm³/mol. The molecule has 0 N–H and O–H groups in total. The lowest BCUT2D eigenvalue weighted by atomic mass is 9.90. The summed E-state index contributed by atoms with van der Waals surface area (Å²) in [5, 5.41) is 4.17. The van der Waals surface area contributed by atoms with Crippen LogP contribution in [0.1, 0.15) is 56.2 Å². The molecule has 5 rings (SSSR count). The Bertz CT molecular complexity index is 618. The minimum absolute atomic E-state index is 0.0414. The Morgan fingerprint density at radius 1 is 1.16 bits per heavy atom. The standard InChI is InChI=1S/C18H27N3O4/c1-22-18(16-19-15(20-25-16)13-2-3-13)6-8-21(9-7-18)10-14-4-5-17(24-14)11-23-12-17/h13-14H,2-12H2,1H3. The third-order valence-electron chi connectivity index (χ3n) is 6.36. The van der Waals surface area contributed by atoms with Crippen molar-refractivity contribution in [2.24, 2.45) is 0 Å². The average molecular weight is 349 g/mol. The number of ether oxygens (including phenoxy) is 3. The Morgan fingerprint density at radius 2 is 1.96 bits per heavy atom. The number of piperidine rings is 1. The van der Waals surface area contributed by atoms with Gasteiger partial charge in [-0.15, -0.1) is 0 Å². The van der Waals surface area contributed by atoms with Crippen LogP contribution in [-0.2, 0) is 19.8 Å². The van der Waals surface area contributed by atoms with E-state index in [2.05, 4.69) is 15.0 Å². The molecule has 1 unspecified atom stereocenters. The second kappa shape index (κ2) is 6.01. The van der Waals surface area contributed by atoms with Crippen molar-refractivity contribution in [1.29, 1.82) is 0 Å². The highest BCUT2D eigenvalue weighted by molar-refractivity contribution is 5.08. The largest absolute Gasteiger partial charge is 0.375 e. The third-order valence-corrected chi connectivity index (χ3v) is 6.36. The van der Waals surface area contributed by atoms with Gasteiger partial charge < -0.3 is 23.6 Å². The summed E-state index contributed by atoms with van der Waals surface area (Å²) in [6.45, 7) is 4.49. The van der Waals surface area contributed by atoms with E-state index >= 15 is 0 Å². The van der Waals surface area contributed by atoms with E-state index in [4.69, 9.17) is 18.7 Å². The Kier molecular flexibility index (Phi) is 3.89. The summed E-state index contributed by atoms with van der Waals surface area (Å²) in [4.78, 5) is 7.13. The van der Waals surface area contributed by atoms with Gasteiger partial charge in [0.05, 0.1) is 19.3 Å². The van der Waals surface area contributed by atoms with Crippen LogP contribution in [0, 0.1) is 0 Å². The molecule has 25 heavy (non-hydrogen) atoms. The van der Waals surface area contributed by atoms with Crippen molar-refractivity contribution in [2.45, 2.75) is 61.7 Å². The normalized spacial score (nSPS) is 31.3. The summed E-state index contributed by atoms with van der Waals surface area (Å²) < 4.78 is 23.0. The fourth-order valence-electron chi connectivity index (χ4n) is 4.38. The maximum atomic E-state index is 6.25. The summed E-state index contributed by atoms with van der Waals surface area (Å²) >= 11 is 0. The zero-order chi connectivity index (χ0) is 16.9. The molecule has 1 spiro atoms. The van der Waals surface area contributed by atoms with Gasteiger partial charge in [0, 0.05) is 32.7 Å². The summed E-state index contributed by atoms with van der Waals surface area (Å²) in [5.41, 5.74) is -0.379. The van der Waals surface area contributed by atoms with Gasteiger partial charge >= 0.3 is 0 Å². The van der Waals surface area contributed by atoms with E-state index in [0.29, 0.717) is 17.9 Å². The molecule has 3 aliphatic heterocycles. The van der Waals surface area contributed by atoms with Gasteiger partial charge in [-0.25, -0.2) is 0 Å². The molecule has 0 bridgehead atoms. The molecular weight excluding hydrogens is 322 g/mol. The molecule has 1 aromatic rings. The number of rotatable bonds is 5. The number of aromatic nitrogens is 2. The summed E-state index contributed by atoms with van der Waals surface area (Å²) in [6, 6.07) is 0. The SMILES string of the molecule is COC1(c2nc(C3CC3)no2)CCN(CC2CCC3(COC3)O2)CC1. The monoisotopic (exact) mass is 349 g/mol. The highest BCUT2D eigenvalue weighted by atomic mass is 16.6. The van der Waals surface area contributed by atoms with Crippen LogP contribution in [0.4, 0.5) is 0 Å². The number of nitrogens with zero attached hydrogens (tertiary/aromatic N) is 3. The van der Waals surface area contributed by atoms with Crippen molar-refractivity contribution in [1.82, 2.24) is 15.0 Å². The average Bonchev–Trinajstić information content (AvgIpc) is 3.17. The van der Waals surface area contributed by atoms with E-state index in [0.717, 1.165) is 64.4 Å². The highest BCUT2D eigenvalue weighted by Gasteiger charge is 2.48. The maximum Gasteiger partial charge on any atom is 0.258 e. The molecule has 3 saturated heterocycles. The van der Waals surface area contributed by atoms with Crippen LogP contribution in [0.15, 0.2) is 4.52 Å². The smallest absolute Gasteiger partial charge is 0.258 e. The first-order valence-electron chi connectivity index (χ1n) is 9.58. The van der Waals surface area contributed by atoms with E-state index < -0.39 is 5.60 Å². The van der Waals surface area contributed by atoms with Crippen molar-refractivity contribution in [3.8, 4) is 0 Å². The first kappa shape index (κ1) is 16.2. The van der Waals surface area contributed by atoms with Gasteiger partial charge in [0.2, 0.25) is 0 Å². The lowest BCUT2D eigenvalue weighted by molar-refractivity contribution is -0.202. The zero-order valence-corrected chi connectivity index (χ0v) is 14.9. The van der Waals surface area contributed by atoms with E-state index in [1.54, 1.807) is 7.11 Å². The lowest BCUT2D eigenvalue weighted by Crippen LogP contribution is -2.51. The van der Waals surface area contributed by atoms with Gasteiger partial charge in [-0.1, -0.05) is 5.16 Å². The molecule has 4 fully saturated rings. The van der Waals surface area contributed by atoms with Crippen molar-refractivity contribution in [2.75, 3.05) is 40.0 Å². The third kappa shape index (κ3) is 2.91. The van der Waals surface area contributed by atoms with Gasteiger partial charge in [-0.05, 0) is 38.5 Å². The quantitative estimate of drug-likeness (QED) is 0.803. The fraction of sp³-hybridized carbons (Fsp3) is 0.889. The molecule has 7 heteroatoms. The molecule has 1 aromatic heterocycles. The van der Waals surface area contributed by atoms with Crippen LogP contribution in [0.3, 0.4) is 0 Å². The van der Waals surface area contributed by atoms with Gasteiger partial charge in [0.1, 0.15) is 11.2 Å². The topological polar surface area (TPSA) is 69.9 Å². The Balaban J connectivity index is 1.19. The number of hydrogen-bond donors (Lipinski definition) is 0. The van der Waals surface area contributed by atoms with Crippen LogP contribution >= 0.6 is 0 Å². The lowest BCUT2D eigenvalue weighted by Gasteiger charge is -2.40. The molecule has 4 heterocycles. The fourth-order valence-corrected chi connectivity index (χ4v) is 4.38. The van der Waals surface area contributed by atoms with Crippen LogP contribution in [0.2, 0.25) is 0 Å². The first-order chi connectivity index (χ1) is 12.2. The second-order valence-corrected chi connectivity index (χ2v) is 8.19. The van der Waals surface area contributed by atoms with E-state index in [-0.39, 0.29) is 5.60 Å². The van der Waals surface area contributed by atoms with Gasteiger partial charge in [-0.3, -0.25) is 0 Å². The molecule has 138 valence electrons. The molecule has 0 radical (unpaired) electrons. The zero-order valence-electron chi connectivity index (χ0n) is 14.9. The van der Waals surface area contributed by atoms with Crippen molar-refractivity contribution >= 4 is 0 Å². The molecule has 0 aromatic carbocycles. The van der Waals surface area contributed by atoms with E-state index in [1.807, 2.05) is 0 Å². The molecule has 7 nitrogen and oxygen atoms in total. The van der Waals surface area contributed by atoms with Gasteiger partial charge in [0.15, 0.2) is 5.82 Å². The minimum atomic E-state index is -0.420. The van der Waals surface area contributed by atoms with Gasteiger partial charge in [0.25, 0.3) is 5.89 Å². The highest BCUT2D eigenvalue weighted by Crippen LogP contribution is 2.41. The maximum absolute atomic E-state index is 6.25. The summed E-state index contributed by atoms with van der Waals surface area (Å²) in [7, 11) is 1.76. The van der Waals surface area contributed by atoms with E-state index in [1.165, 1.54) is 12.8 Å². The summed E-state index contributed by atoms with van der Waals surface area (Å²) in [5.74, 6) is 2.04. The second-order valence-electron chi connectivity index (χ2n) is 8.19.